The average Bonchev–Trinajstić information content (AvgIpc) is 2.17. The fourth-order valence-electron chi connectivity index (χ4n) is 1.16. The van der Waals surface area contributed by atoms with E-state index in [0.717, 1.165) is 6.54 Å². The van der Waals surface area contributed by atoms with Crippen LogP contribution < -0.4 is 5.32 Å². The Morgan fingerprint density at radius 1 is 1.31 bits per heavy atom. The van der Waals surface area contributed by atoms with Crippen LogP contribution in [0.15, 0.2) is 30.3 Å². The lowest BCUT2D eigenvalue weighted by Gasteiger charge is -2.11. The van der Waals surface area contributed by atoms with E-state index < -0.39 is 0 Å². The summed E-state index contributed by atoms with van der Waals surface area (Å²) in [6, 6.07) is 10.2. The molecule has 1 aromatic rings. The van der Waals surface area contributed by atoms with Crippen molar-refractivity contribution < 1.29 is 4.74 Å². The van der Waals surface area contributed by atoms with E-state index in [2.05, 4.69) is 24.4 Å². The molecule has 0 amide bonds. The van der Waals surface area contributed by atoms with E-state index in [-0.39, 0.29) is 6.10 Å². The van der Waals surface area contributed by atoms with Crippen LogP contribution in [0.1, 0.15) is 12.5 Å². The van der Waals surface area contributed by atoms with Gasteiger partial charge < -0.3 is 10.1 Å². The number of ether oxygens (including phenoxy) is 1. The van der Waals surface area contributed by atoms with Crippen LogP contribution in [0, 0.1) is 0 Å². The molecular weight excluding hydrogens is 162 g/mol. The lowest BCUT2D eigenvalue weighted by Crippen LogP contribution is -2.23. The standard InChI is InChI=1S/C11H17NO/c1-10(8-12-2)13-9-11-6-4-3-5-7-11/h3-7,10,12H,8-9H2,1-2H3. The monoisotopic (exact) mass is 179 g/mol. The molecule has 0 saturated carbocycles. The van der Waals surface area contributed by atoms with Gasteiger partial charge >= 0.3 is 0 Å². The molecular formula is C11H17NO. The van der Waals surface area contributed by atoms with Gasteiger partial charge in [-0.3, -0.25) is 0 Å². The van der Waals surface area contributed by atoms with Crippen molar-refractivity contribution in [1.82, 2.24) is 5.32 Å². The largest absolute Gasteiger partial charge is 0.373 e. The molecule has 0 saturated heterocycles. The predicted octanol–water partition coefficient (Wildman–Crippen LogP) is 1.81. The molecule has 0 heterocycles. The Hall–Kier alpha value is -0.860. The van der Waals surface area contributed by atoms with Gasteiger partial charge in [0.1, 0.15) is 0 Å². The lowest BCUT2D eigenvalue weighted by atomic mass is 10.2. The van der Waals surface area contributed by atoms with Crippen LogP contribution in [0.4, 0.5) is 0 Å². The molecule has 2 heteroatoms. The Kier molecular flexibility index (Phi) is 4.50. The van der Waals surface area contributed by atoms with E-state index >= 15 is 0 Å². The Balaban J connectivity index is 2.27. The zero-order chi connectivity index (χ0) is 9.52. The van der Waals surface area contributed by atoms with Crippen LogP contribution >= 0.6 is 0 Å². The van der Waals surface area contributed by atoms with Gasteiger partial charge in [-0.05, 0) is 19.5 Å². The number of hydrogen-bond acceptors (Lipinski definition) is 2. The van der Waals surface area contributed by atoms with Gasteiger partial charge in [-0.2, -0.15) is 0 Å². The van der Waals surface area contributed by atoms with E-state index in [1.165, 1.54) is 5.56 Å². The van der Waals surface area contributed by atoms with Gasteiger partial charge in [-0.15, -0.1) is 0 Å². The van der Waals surface area contributed by atoms with Gasteiger partial charge in [-0.1, -0.05) is 30.3 Å². The molecule has 0 spiro atoms. The van der Waals surface area contributed by atoms with Crippen molar-refractivity contribution in [3.63, 3.8) is 0 Å². The topological polar surface area (TPSA) is 21.3 Å². The summed E-state index contributed by atoms with van der Waals surface area (Å²) in [6.07, 6.45) is 0.269. The van der Waals surface area contributed by atoms with Gasteiger partial charge in [-0.25, -0.2) is 0 Å². The summed E-state index contributed by atoms with van der Waals surface area (Å²) in [5, 5.41) is 3.08. The lowest BCUT2D eigenvalue weighted by molar-refractivity contribution is 0.0545. The van der Waals surface area contributed by atoms with Crippen LogP contribution in [0.25, 0.3) is 0 Å². The summed E-state index contributed by atoms with van der Waals surface area (Å²) in [5.41, 5.74) is 1.23. The maximum atomic E-state index is 5.61. The van der Waals surface area contributed by atoms with Crippen LogP contribution in [0.3, 0.4) is 0 Å². The SMILES string of the molecule is CNCC(C)OCc1ccccc1. The number of rotatable bonds is 5. The van der Waals surface area contributed by atoms with Gasteiger partial charge in [0.2, 0.25) is 0 Å². The third kappa shape index (κ3) is 4.06. The number of nitrogens with one attached hydrogen (secondary N) is 1. The summed E-state index contributed by atoms with van der Waals surface area (Å²) >= 11 is 0. The summed E-state index contributed by atoms with van der Waals surface area (Å²) in [7, 11) is 1.93. The maximum Gasteiger partial charge on any atom is 0.0721 e. The molecule has 1 aromatic carbocycles. The third-order valence-corrected chi connectivity index (χ3v) is 1.87. The predicted molar refractivity (Wildman–Crippen MR) is 54.6 cm³/mol. The first-order valence-corrected chi connectivity index (χ1v) is 4.63. The van der Waals surface area contributed by atoms with Crippen molar-refractivity contribution in [2.24, 2.45) is 0 Å². The number of likely N-dealkylation sites (N-methyl/N-ethyl adjacent to an activating group) is 1. The van der Waals surface area contributed by atoms with Crippen LogP contribution in [0.2, 0.25) is 0 Å². The molecule has 1 N–H and O–H groups in total. The first kappa shape index (κ1) is 10.2. The van der Waals surface area contributed by atoms with E-state index in [0.29, 0.717) is 6.61 Å². The van der Waals surface area contributed by atoms with Crippen molar-refractivity contribution in [2.45, 2.75) is 19.6 Å². The molecule has 72 valence electrons. The molecule has 13 heavy (non-hydrogen) atoms. The highest BCUT2D eigenvalue weighted by molar-refractivity contribution is 5.13. The van der Waals surface area contributed by atoms with Crippen LogP contribution in [-0.2, 0) is 11.3 Å². The smallest absolute Gasteiger partial charge is 0.0721 e. The first-order chi connectivity index (χ1) is 6.33. The number of hydrogen-bond donors (Lipinski definition) is 1. The zero-order valence-electron chi connectivity index (χ0n) is 8.29. The molecule has 0 aliphatic carbocycles. The quantitative estimate of drug-likeness (QED) is 0.744. The minimum atomic E-state index is 0.269. The molecule has 0 fully saturated rings. The van der Waals surface area contributed by atoms with E-state index in [1.807, 2.05) is 25.2 Å². The second kappa shape index (κ2) is 5.73. The van der Waals surface area contributed by atoms with E-state index in [1.54, 1.807) is 0 Å². The van der Waals surface area contributed by atoms with Crippen molar-refractivity contribution in [3.8, 4) is 0 Å². The molecule has 0 bridgehead atoms. The summed E-state index contributed by atoms with van der Waals surface area (Å²) in [6.45, 7) is 3.66. The first-order valence-electron chi connectivity index (χ1n) is 4.63. The van der Waals surface area contributed by atoms with Crippen molar-refractivity contribution in [2.75, 3.05) is 13.6 Å². The van der Waals surface area contributed by atoms with Gasteiger partial charge in [0.15, 0.2) is 0 Å². The minimum Gasteiger partial charge on any atom is -0.373 e. The Morgan fingerprint density at radius 2 is 2.00 bits per heavy atom. The highest BCUT2D eigenvalue weighted by atomic mass is 16.5. The zero-order valence-corrected chi connectivity index (χ0v) is 8.29. The molecule has 0 aliphatic heterocycles. The highest BCUT2D eigenvalue weighted by Gasteiger charge is 1.99. The van der Waals surface area contributed by atoms with E-state index in [4.69, 9.17) is 4.74 Å². The minimum absolute atomic E-state index is 0.269. The molecule has 1 rings (SSSR count). The molecule has 1 atom stereocenters. The normalized spacial score (nSPS) is 12.8. The summed E-state index contributed by atoms with van der Waals surface area (Å²) in [5.74, 6) is 0. The second-order valence-electron chi connectivity index (χ2n) is 3.16. The number of benzene rings is 1. The Labute approximate surface area is 79.9 Å². The Bertz CT molecular complexity index is 223. The molecule has 2 nitrogen and oxygen atoms in total. The fourth-order valence-corrected chi connectivity index (χ4v) is 1.16. The average molecular weight is 179 g/mol. The highest BCUT2D eigenvalue weighted by Crippen LogP contribution is 2.02. The van der Waals surface area contributed by atoms with Crippen LogP contribution in [0.5, 0.6) is 0 Å². The molecule has 1 unspecified atom stereocenters. The van der Waals surface area contributed by atoms with Crippen molar-refractivity contribution >= 4 is 0 Å². The third-order valence-electron chi connectivity index (χ3n) is 1.87. The van der Waals surface area contributed by atoms with Crippen molar-refractivity contribution in [3.05, 3.63) is 35.9 Å². The van der Waals surface area contributed by atoms with Crippen molar-refractivity contribution in [1.29, 1.82) is 0 Å². The molecule has 0 aromatic heterocycles. The Morgan fingerprint density at radius 3 is 2.62 bits per heavy atom. The molecule has 0 aliphatic rings. The fraction of sp³-hybridized carbons (Fsp3) is 0.455. The van der Waals surface area contributed by atoms with E-state index in [9.17, 15) is 0 Å². The summed E-state index contributed by atoms with van der Waals surface area (Å²) < 4.78 is 5.61. The van der Waals surface area contributed by atoms with Gasteiger partial charge in [0.25, 0.3) is 0 Å². The van der Waals surface area contributed by atoms with Crippen LogP contribution in [-0.4, -0.2) is 19.7 Å². The second-order valence-corrected chi connectivity index (χ2v) is 3.16. The molecule has 0 radical (unpaired) electrons. The van der Waals surface area contributed by atoms with Gasteiger partial charge in [0, 0.05) is 6.54 Å². The van der Waals surface area contributed by atoms with Gasteiger partial charge in [0.05, 0.1) is 12.7 Å². The summed E-state index contributed by atoms with van der Waals surface area (Å²) in [4.78, 5) is 0. The maximum absolute atomic E-state index is 5.61.